The van der Waals surface area contributed by atoms with Gasteiger partial charge in [0, 0.05) is 31.7 Å². The number of aromatic nitrogens is 2. The van der Waals surface area contributed by atoms with Crippen LogP contribution in [0.1, 0.15) is 15.9 Å². The molecule has 5 nitrogen and oxygen atoms in total. The summed E-state index contributed by atoms with van der Waals surface area (Å²) in [4.78, 5) is 20.2. The maximum absolute atomic E-state index is 11.8. The van der Waals surface area contributed by atoms with Crippen LogP contribution in [0, 0.1) is 0 Å². The van der Waals surface area contributed by atoms with Crippen LogP contribution >= 0.6 is 0 Å². The molecule has 2 N–H and O–H groups in total. The van der Waals surface area contributed by atoms with Gasteiger partial charge in [-0.1, -0.05) is 36.4 Å². The first-order chi connectivity index (χ1) is 12.8. The summed E-state index contributed by atoms with van der Waals surface area (Å²) < 4.78 is 0. The number of nitrogens with zero attached hydrogens (tertiary/aromatic N) is 2. The minimum Gasteiger partial charge on any atom is -0.366 e. The van der Waals surface area contributed by atoms with E-state index in [4.69, 9.17) is 0 Å². The molecule has 0 fully saturated rings. The van der Waals surface area contributed by atoms with Crippen molar-refractivity contribution in [1.82, 2.24) is 15.3 Å². The highest BCUT2D eigenvalue weighted by Gasteiger charge is 2.05. The average Bonchev–Trinajstić information content (AvgIpc) is 2.72. The van der Waals surface area contributed by atoms with Crippen molar-refractivity contribution in [2.45, 2.75) is 6.54 Å². The molecule has 3 aromatic rings. The summed E-state index contributed by atoms with van der Waals surface area (Å²) >= 11 is 0. The Bertz CT molecular complexity index is 859. The van der Waals surface area contributed by atoms with Crippen molar-refractivity contribution in [2.75, 3.05) is 11.9 Å². The Hall–Kier alpha value is -3.47. The zero-order valence-electron chi connectivity index (χ0n) is 14.4. The van der Waals surface area contributed by atoms with Gasteiger partial charge in [-0.3, -0.25) is 9.78 Å². The molecule has 2 aromatic heterocycles. The summed E-state index contributed by atoms with van der Waals surface area (Å²) in [5.41, 5.74) is 3.90. The number of carbonyl (C=O) groups is 1. The maximum atomic E-state index is 11.8. The van der Waals surface area contributed by atoms with Gasteiger partial charge >= 0.3 is 0 Å². The molecule has 0 aliphatic carbocycles. The third-order valence-corrected chi connectivity index (χ3v) is 3.86. The molecular weight excluding hydrogens is 324 g/mol. The summed E-state index contributed by atoms with van der Waals surface area (Å²) in [6.45, 7) is 4.67. The molecule has 5 heteroatoms. The zero-order valence-corrected chi connectivity index (χ0v) is 14.4. The third-order valence-electron chi connectivity index (χ3n) is 3.86. The topological polar surface area (TPSA) is 66.9 Å². The highest BCUT2D eigenvalue weighted by atomic mass is 16.1. The summed E-state index contributed by atoms with van der Waals surface area (Å²) in [5, 5.41) is 5.98. The van der Waals surface area contributed by atoms with E-state index in [2.05, 4.69) is 51.4 Å². The van der Waals surface area contributed by atoms with Crippen LogP contribution in [0.3, 0.4) is 0 Å². The first-order valence-corrected chi connectivity index (χ1v) is 8.34. The van der Waals surface area contributed by atoms with Crippen LogP contribution in [0.4, 0.5) is 5.82 Å². The normalized spacial score (nSPS) is 10.2. The molecule has 130 valence electrons. The number of carbonyl (C=O) groups excluding carboxylic acids is 1. The summed E-state index contributed by atoms with van der Waals surface area (Å²) in [5.74, 6) is 0.566. The Morgan fingerprint density at radius 3 is 2.54 bits per heavy atom. The second kappa shape index (κ2) is 8.58. The standard InChI is InChI=1S/C21H20N4O/c1-2-11-23-21(26)19-9-10-20(25-15-19)24-13-16-5-7-17(8-6-16)18-4-3-12-22-14-18/h2-10,12,14-15H,1,11,13H2,(H,23,26)(H,24,25). The van der Waals surface area contributed by atoms with Crippen LogP contribution in [-0.4, -0.2) is 22.4 Å². The van der Waals surface area contributed by atoms with Crippen molar-refractivity contribution < 1.29 is 4.79 Å². The molecule has 0 unspecified atom stereocenters. The molecular formula is C21H20N4O. The molecule has 0 radical (unpaired) electrons. The molecule has 0 aliphatic heterocycles. The largest absolute Gasteiger partial charge is 0.366 e. The van der Waals surface area contributed by atoms with E-state index in [0.29, 0.717) is 18.7 Å². The fourth-order valence-corrected chi connectivity index (χ4v) is 2.44. The molecule has 2 heterocycles. The first kappa shape index (κ1) is 17.4. The molecule has 0 saturated carbocycles. The van der Waals surface area contributed by atoms with Crippen molar-refractivity contribution in [3.8, 4) is 11.1 Å². The molecule has 26 heavy (non-hydrogen) atoms. The Labute approximate surface area is 152 Å². The van der Waals surface area contributed by atoms with Gasteiger partial charge in [0.25, 0.3) is 5.91 Å². The second-order valence-corrected chi connectivity index (χ2v) is 5.72. The molecule has 0 atom stereocenters. The molecule has 0 bridgehead atoms. The van der Waals surface area contributed by atoms with Gasteiger partial charge in [-0.15, -0.1) is 6.58 Å². The number of hydrogen-bond donors (Lipinski definition) is 2. The van der Waals surface area contributed by atoms with Crippen LogP contribution in [0.25, 0.3) is 11.1 Å². The number of pyridine rings is 2. The van der Waals surface area contributed by atoms with Gasteiger partial charge in [-0.2, -0.15) is 0 Å². The lowest BCUT2D eigenvalue weighted by molar-refractivity contribution is 0.0957. The predicted molar refractivity (Wildman–Crippen MR) is 104 cm³/mol. The van der Waals surface area contributed by atoms with E-state index < -0.39 is 0 Å². The molecule has 1 amide bonds. The first-order valence-electron chi connectivity index (χ1n) is 8.34. The van der Waals surface area contributed by atoms with Crippen LogP contribution in [-0.2, 0) is 6.54 Å². The Kier molecular flexibility index (Phi) is 5.72. The van der Waals surface area contributed by atoms with E-state index in [1.165, 1.54) is 0 Å². The number of anilines is 1. The highest BCUT2D eigenvalue weighted by molar-refractivity contribution is 5.94. The summed E-state index contributed by atoms with van der Waals surface area (Å²) in [7, 11) is 0. The third kappa shape index (κ3) is 4.54. The fourth-order valence-electron chi connectivity index (χ4n) is 2.44. The molecule has 0 aliphatic rings. The SMILES string of the molecule is C=CCNC(=O)c1ccc(NCc2ccc(-c3cccnc3)cc2)nc1. The van der Waals surface area contributed by atoms with Crippen LogP contribution in [0.2, 0.25) is 0 Å². The average molecular weight is 344 g/mol. The smallest absolute Gasteiger partial charge is 0.253 e. The summed E-state index contributed by atoms with van der Waals surface area (Å²) in [6.07, 6.45) is 6.82. The van der Waals surface area contributed by atoms with E-state index in [1.807, 2.05) is 18.3 Å². The van der Waals surface area contributed by atoms with E-state index in [9.17, 15) is 4.79 Å². The lowest BCUT2D eigenvalue weighted by Gasteiger charge is -2.08. The van der Waals surface area contributed by atoms with E-state index in [-0.39, 0.29) is 5.91 Å². The monoisotopic (exact) mass is 344 g/mol. The van der Waals surface area contributed by atoms with Crippen molar-refractivity contribution in [3.05, 3.63) is 90.9 Å². The van der Waals surface area contributed by atoms with Crippen molar-refractivity contribution in [2.24, 2.45) is 0 Å². The van der Waals surface area contributed by atoms with Gasteiger partial charge < -0.3 is 10.6 Å². The molecule has 0 spiro atoms. The van der Waals surface area contributed by atoms with Crippen molar-refractivity contribution in [3.63, 3.8) is 0 Å². The van der Waals surface area contributed by atoms with Crippen LogP contribution in [0.15, 0.2) is 79.8 Å². The zero-order chi connectivity index (χ0) is 18.2. The number of rotatable bonds is 7. The highest BCUT2D eigenvalue weighted by Crippen LogP contribution is 2.18. The van der Waals surface area contributed by atoms with E-state index in [1.54, 1.807) is 30.6 Å². The van der Waals surface area contributed by atoms with E-state index >= 15 is 0 Å². The molecule has 0 saturated heterocycles. The molecule has 1 aromatic carbocycles. The maximum Gasteiger partial charge on any atom is 0.253 e. The van der Waals surface area contributed by atoms with Gasteiger partial charge in [0.15, 0.2) is 0 Å². The summed E-state index contributed by atoms with van der Waals surface area (Å²) in [6, 6.07) is 15.8. The van der Waals surface area contributed by atoms with Gasteiger partial charge in [0.2, 0.25) is 0 Å². The number of amides is 1. The van der Waals surface area contributed by atoms with Gasteiger partial charge in [0.1, 0.15) is 5.82 Å². The minimum absolute atomic E-state index is 0.157. The predicted octanol–water partition coefficient (Wildman–Crippen LogP) is 3.67. The van der Waals surface area contributed by atoms with Crippen molar-refractivity contribution in [1.29, 1.82) is 0 Å². The Morgan fingerprint density at radius 2 is 1.88 bits per heavy atom. The quantitative estimate of drug-likeness (QED) is 0.642. The van der Waals surface area contributed by atoms with Gasteiger partial charge in [-0.05, 0) is 34.9 Å². The Balaban J connectivity index is 1.57. The number of benzene rings is 1. The van der Waals surface area contributed by atoms with E-state index in [0.717, 1.165) is 22.5 Å². The van der Waals surface area contributed by atoms with Crippen LogP contribution < -0.4 is 10.6 Å². The van der Waals surface area contributed by atoms with Crippen LogP contribution in [0.5, 0.6) is 0 Å². The minimum atomic E-state index is -0.157. The van der Waals surface area contributed by atoms with Gasteiger partial charge in [0.05, 0.1) is 5.56 Å². The number of hydrogen-bond acceptors (Lipinski definition) is 4. The number of nitrogens with one attached hydrogen (secondary N) is 2. The van der Waals surface area contributed by atoms with Gasteiger partial charge in [-0.25, -0.2) is 4.98 Å². The fraction of sp³-hybridized carbons (Fsp3) is 0.0952. The lowest BCUT2D eigenvalue weighted by atomic mass is 10.1. The Morgan fingerprint density at radius 1 is 1.04 bits per heavy atom. The van der Waals surface area contributed by atoms with Crippen molar-refractivity contribution >= 4 is 11.7 Å². The molecule has 3 rings (SSSR count). The lowest BCUT2D eigenvalue weighted by Crippen LogP contribution is -2.23. The second-order valence-electron chi connectivity index (χ2n) is 5.72.